The lowest BCUT2D eigenvalue weighted by molar-refractivity contribution is -0.153. The van der Waals surface area contributed by atoms with E-state index in [4.69, 9.17) is 0 Å². The predicted octanol–water partition coefficient (Wildman–Crippen LogP) is 3.53. The molecule has 0 radical (unpaired) electrons. The van der Waals surface area contributed by atoms with Crippen LogP contribution in [0.5, 0.6) is 5.75 Å². The molecular formula is C8H5BrF4O. The minimum Gasteiger partial charge on any atom is -0.484 e. The van der Waals surface area contributed by atoms with Crippen molar-refractivity contribution in [2.24, 2.45) is 0 Å². The fourth-order valence-corrected chi connectivity index (χ4v) is 0.978. The monoisotopic (exact) mass is 272 g/mol. The van der Waals surface area contributed by atoms with E-state index in [0.717, 1.165) is 6.07 Å². The van der Waals surface area contributed by atoms with E-state index in [1.54, 1.807) is 0 Å². The maximum atomic E-state index is 12.8. The van der Waals surface area contributed by atoms with Gasteiger partial charge in [0.15, 0.2) is 6.61 Å². The van der Waals surface area contributed by atoms with Gasteiger partial charge in [-0.1, -0.05) is 0 Å². The van der Waals surface area contributed by atoms with Crippen LogP contribution in [-0.2, 0) is 0 Å². The van der Waals surface area contributed by atoms with Crippen LogP contribution in [0.1, 0.15) is 0 Å². The van der Waals surface area contributed by atoms with Crippen molar-refractivity contribution in [1.29, 1.82) is 0 Å². The van der Waals surface area contributed by atoms with Crippen LogP contribution in [0.3, 0.4) is 0 Å². The maximum Gasteiger partial charge on any atom is 0.422 e. The summed E-state index contributed by atoms with van der Waals surface area (Å²) in [6, 6.07) is 3.41. The van der Waals surface area contributed by atoms with Gasteiger partial charge in [0.2, 0.25) is 0 Å². The van der Waals surface area contributed by atoms with E-state index in [1.165, 1.54) is 12.1 Å². The molecule has 0 aromatic heterocycles. The summed E-state index contributed by atoms with van der Waals surface area (Å²) in [5.74, 6) is -0.812. The quantitative estimate of drug-likeness (QED) is 0.749. The van der Waals surface area contributed by atoms with Gasteiger partial charge in [-0.15, -0.1) is 0 Å². The minimum atomic E-state index is -4.41. The maximum absolute atomic E-state index is 12.8. The molecule has 0 atom stereocenters. The highest BCUT2D eigenvalue weighted by Crippen LogP contribution is 2.23. The summed E-state index contributed by atoms with van der Waals surface area (Å²) in [7, 11) is 0. The average Bonchev–Trinajstić information content (AvgIpc) is 2.06. The molecule has 6 heteroatoms. The normalized spacial score (nSPS) is 11.5. The number of ether oxygens (including phenoxy) is 1. The van der Waals surface area contributed by atoms with Crippen molar-refractivity contribution in [2.75, 3.05) is 6.61 Å². The Hall–Kier alpha value is -0.780. The second-order valence-electron chi connectivity index (χ2n) is 2.48. The van der Waals surface area contributed by atoms with E-state index in [1.807, 2.05) is 0 Å². The molecule has 1 aromatic carbocycles. The summed E-state index contributed by atoms with van der Waals surface area (Å²) in [5, 5.41) is 0. The van der Waals surface area contributed by atoms with Crippen molar-refractivity contribution in [1.82, 2.24) is 0 Å². The molecule has 0 heterocycles. The van der Waals surface area contributed by atoms with Gasteiger partial charge < -0.3 is 4.74 Å². The molecule has 14 heavy (non-hydrogen) atoms. The third kappa shape index (κ3) is 3.53. The summed E-state index contributed by atoms with van der Waals surface area (Å²) in [5.41, 5.74) is 0. The molecule has 0 saturated heterocycles. The number of hydrogen-bond acceptors (Lipinski definition) is 1. The van der Waals surface area contributed by atoms with E-state index in [-0.39, 0.29) is 10.2 Å². The Kier molecular flexibility index (Phi) is 3.36. The summed E-state index contributed by atoms with van der Waals surface area (Å²) in [4.78, 5) is 0. The van der Waals surface area contributed by atoms with Gasteiger partial charge in [0.1, 0.15) is 11.6 Å². The number of rotatable bonds is 2. The first-order valence-electron chi connectivity index (χ1n) is 3.53. The lowest BCUT2D eigenvalue weighted by Crippen LogP contribution is -2.19. The molecular weight excluding hydrogens is 268 g/mol. The van der Waals surface area contributed by atoms with Crippen molar-refractivity contribution in [3.63, 3.8) is 0 Å². The number of hydrogen-bond donors (Lipinski definition) is 0. The van der Waals surface area contributed by atoms with Crippen LogP contribution >= 0.6 is 15.9 Å². The molecule has 1 rings (SSSR count). The van der Waals surface area contributed by atoms with Gasteiger partial charge in [-0.2, -0.15) is 13.2 Å². The van der Waals surface area contributed by atoms with Gasteiger partial charge in [-0.05, 0) is 28.1 Å². The molecule has 0 fully saturated rings. The van der Waals surface area contributed by atoms with E-state index < -0.39 is 18.6 Å². The van der Waals surface area contributed by atoms with Crippen molar-refractivity contribution in [3.05, 3.63) is 28.5 Å². The fourth-order valence-electron chi connectivity index (χ4n) is 0.732. The average molecular weight is 273 g/mol. The van der Waals surface area contributed by atoms with Crippen LogP contribution in [0.4, 0.5) is 17.6 Å². The zero-order valence-corrected chi connectivity index (χ0v) is 8.32. The van der Waals surface area contributed by atoms with Crippen LogP contribution in [-0.4, -0.2) is 12.8 Å². The number of halogens is 5. The zero-order chi connectivity index (χ0) is 10.8. The highest BCUT2D eigenvalue weighted by Gasteiger charge is 2.28. The molecule has 0 aliphatic heterocycles. The number of alkyl halides is 3. The molecule has 0 saturated carbocycles. The van der Waals surface area contributed by atoms with Gasteiger partial charge in [-0.3, -0.25) is 0 Å². The molecule has 0 aliphatic carbocycles. The molecule has 0 N–H and O–H groups in total. The van der Waals surface area contributed by atoms with Gasteiger partial charge >= 0.3 is 6.18 Å². The first-order valence-corrected chi connectivity index (χ1v) is 4.32. The van der Waals surface area contributed by atoms with Crippen LogP contribution in [0.2, 0.25) is 0 Å². The number of benzene rings is 1. The van der Waals surface area contributed by atoms with Crippen LogP contribution in [0.15, 0.2) is 22.7 Å². The molecule has 0 amide bonds. The molecule has 78 valence electrons. The Balaban J connectivity index is 2.65. The Bertz CT molecular complexity index is 324. The SMILES string of the molecule is Fc1cc(OCC(F)(F)F)ccc1Br. The Morgan fingerprint density at radius 1 is 1.29 bits per heavy atom. The van der Waals surface area contributed by atoms with E-state index in [9.17, 15) is 17.6 Å². The van der Waals surface area contributed by atoms with Gasteiger partial charge in [0.05, 0.1) is 4.47 Å². The lowest BCUT2D eigenvalue weighted by Gasteiger charge is -2.09. The summed E-state index contributed by atoms with van der Waals surface area (Å²) >= 11 is 2.87. The van der Waals surface area contributed by atoms with Crippen LogP contribution in [0, 0.1) is 5.82 Å². The van der Waals surface area contributed by atoms with Gasteiger partial charge in [0, 0.05) is 6.07 Å². The van der Waals surface area contributed by atoms with Crippen molar-refractivity contribution >= 4 is 15.9 Å². The molecule has 0 aliphatic rings. The third-order valence-electron chi connectivity index (χ3n) is 1.29. The van der Waals surface area contributed by atoms with Crippen LogP contribution in [0.25, 0.3) is 0 Å². The first kappa shape index (κ1) is 11.3. The molecule has 0 spiro atoms. The second-order valence-corrected chi connectivity index (χ2v) is 3.33. The minimum absolute atomic E-state index is 0.150. The fraction of sp³-hybridized carbons (Fsp3) is 0.250. The van der Waals surface area contributed by atoms with Gasteiger partial charge in [0.25, 0.3) is 0 Å². The van der Waals surface area contributed by atoms with E-state index in [0.29, 0.717) is 0 Å². The third-order valence-corrected chi connectivity index (χ3v) is 1.94. The lowest BCUT2D eigenvalue weighted by atomic mass is 10.3. The standard InChI is InChI=1S/C8H5BrF4O/c9-6-2-1-5(3-7(6)10)14-4-8(11,12)13/h1-3H,4H2. The van der Waals surface area contributed by atoms with Gasteiger partial charge in [-0.25, -0.2) is 4.39 Å². The summed E-state index contributed by atoms with van der Waals surface area (Å²) in [6.07, 6.45) is -4.41. The van der Waals surface area contributed by atoms with Crippen molar-refractivity contribution in [2.45, 2.75) is 6.18 Å². The van der Waals surface area contributed by atoms with Crippen LogP contribution < -0.4 is 4.74 Å². The zero-order valence-electron chi connectivity index (χ0n) is 6.74. The van der Waals surface area contributed by atoms with E-state index >= 15 is 0 Å². The molecule has 0 bridgehead atoms. The predicted molar refractivity (Wildman–Crippen MR) is 45.7 cm³/mol. The highest BCUT2D eigenvalue weighted by molar-refractivity contribution is 9.10. The first-order chi connectivity index (χ1) is 6.38. The van der Waals surface area contributed by atoms with E-state index in [2.05, 4.69) is 20.7 Å². The molecule has 0 unspecified atom stereocenters. The topological polar surface area (TPSA) is 9.23 Å². The highest BCUT2D eigenvalue weighted by atomic mass is 79.9. The second kappa shape index (κ2) is 4.16. The van der Waals surface area contributed by atoms with Crippen molar-refractivity contribution < 1.29 is 22.3 Å². The molecule has 1 nitrogen and oxygen atoms in total. The molecule has 1 aromatic rings. The van der Waals surface area contributed by atoms with Crippen molar-refractivity contribution in [3.8, 4) is 5.75 Å². The summed E-state index contributed by atoms with van der Waals surface area (Å²) < 4.78 is 52.4. The Morgan fingerprint density at radius 3 is 2.43 bits per heavy atom. The smallest absolute Gasteiger partial charge is 0.422 e. The Labute approximate surface area is 85.8 Å². The Morgan fingerprint density at radius 2 is 1.93 bits per heavy atom. The summed E-state index contributed by atoms with van der Waals surface area (Å²) in [6.45, 7) is -1.42. The largest absolute Gasteiger partial charge is 0.484 e.